The summed E-state index contributed by atoms with van der Waals surface area (Å²) < 4.78 is 0. The van der Waals surface area contributed by atoms with Gasteiger partial charge in [0, 0.05) is 12.7 Å². The number of rotatable bonds is 5. The van der Waals surface area contributed by atoms with Crippen LogP contribution in [0.25, 0.3) is 0 Å². The van der Waals surface area contributed by atoms with Gasteiger partial charge in [-0.2, -0.15) is 0 Å². The number of nitrogens with zero attached hydrogens (tertiary/aromatic N) is 1. The van der Waals surface area contributed by atoms with E-state index in [9.17, 15) is 0 Å². The Kier molecular flexibility index (Phi) is 4.11. The van der Waals surface area contributed by atoms with Crippen LogP contribution in [0.2, 0.25) is 0 Å². The van der Waals surface area contributed by atoms with Crippen LogP contribution in [0.15, 0.2) is 24.4 Å². The summed E-state index contributed by atoms with van der Waals surface area (Å²) in [5.74, 6) is 0.876. The first kappa shape index (κ1) is 10.6. The monoisotopic (exact) mass is 205 g/mol. The maximum atomic E-state index is 4.27. The fraction of sp³-hybridized carbons (Fsp3) is 0.583. The highest BCUT2D eigenvalue weighted by atomic mass is 14.9. The van der Waals surface area contributed by atoms with Gasteiger partial charge in [-0.3, -0.25) is 4.98 Å². The summed E-state index contributed by atoms with van der Waals surface area (Å²) in [7, 11) is 0. The van der Waals surface area contributed by atoms with Crippen molar-refractivity contribution in [3.63, 3.8) is 0 Å². The van der Waals surface area contributed by atoms with E-state index >= 15 is 0 Å². The van der Waals surface area contributed by atoms with Gasteiger partial charge < -0.3 is 10.6 Å². The van der Waals surface area contributed by atoms with Gasteiger partial charge in [-0.1, -0.05) is 6.07 Å². The minimum Gasteiger partial charge on any atom is -0.316 e. The van der Waals surface area contributed by atoms with Crippen LogP contribution in [0, 0.1) is 5.92 Å². The van der Waals surface area contributed by atoms with Gasteiger partial charge in [0.25, 0.3) is 0 Å². The minimum atomic E-state index is 0.876. The van der Waals surface area contributed by atoms with E-state index in [2.05, 4.69) is 21.7 Å². The van der Waals surface area contributed by atoms with E-state index in [-0.39, 0.29) is 0 Å². The van der Waals surface area contributed by atoms with Crippen molar-refractivity contribution < 1.29 is 0 Å². The third-order valence-corrected chi connectivity index (χ3v) is 2.92. The normalized spacial score (nSPS) is 20.7. The Morgan fingerprint density at radius 3 is 3.20 bits per heavy atom. The maximum absolute atomic E-state index is 4.27. The Hall–Kier alpha value is -0.930. The van der Waals surface area contributed by atoms with Crippen molar-refractivity contribution in [3.05, 3.63) is 30.1 Å². The molecule has 3 nitrogen and oxygen atoms in total. The number of hydrogen-bond donors (Lipinski definition) is 2. The third-order valence-electron chi connectivity index (χ3n) is 2.92. The van der Waals surface area contributed by atoms with E-state index < -0.39 is 0 Å². The molecule has 1 unspecified atom stereocenters. The van der Waals surface area contributed by atoms with Gasteiger partial charge in [0.2, 0.25) is 0 Å². The van der Waals surface area contributed by atoms with Crippen LogP contribution in [-0.4, -0.2) is 24.6 Å². The summed E-state index contributed by atoms with van der Waals surface area (Å²) >= 11 is 0. The molecule has 0 saturated carbocycles. The van der Waals surface area contributed by atoms with Crippen molar-refractivity contribution in [2.75, 3.05) is 19.6 Å². The fourth-order valence-electron chi connectivity index (χ4n) is 1.99. The molecule has 1 saturated heterocycles. The molecule has 1 atom stereocenters. The predicted octanol–water partition coefficient (Wildman–Crippen LogP) is 1.17. The van der Waals surface area contributed by atoms with Crippen LogP contribution < -0.4 is 10.6 Å². The first-order chi connectivity index (χ1) is 7.45. The first-order valence-electron chi connectivity index (χ1n) is 5.76. The third kappa shape index (κ3) is 3.61. The zero-order chi connectivity index (χ0) is 10.3. The highest BCUT2D eigenvalue weighted by Crippen LogP contribution is 2.10. The van der Waals surface area contributed by atoms with Gasteiger partial charge in [-0.25, -0.2) is 0 Å². The molecule has 1 fully saturated rings. The molecule has 1 aromatic heterocycles. The summed E-state index contributed by atoms with van der Waals surface area (Å²) in [4.78, 5) is 4.27. The van der Waals surface area contributed by atoms with Gasteiger partial charge in [-0.15, -0.1) is 0 Å². The van der Waals surface area contributed by atoms with Crippen molar-refractivity contribution in [1.82, 2.24) is 15.6 Å². The molecule has 0 amide bonds. The number of nitrogens with one attached hydrogen (secondary N) is 2. The molecule has 2 N–H and O–H groups in total. The molecule has 1 aromatic rings. The number of hydrogen-bond acceptors (Lipinski definition) is 3. The van der Waals surface area contributed by atoms with Gasteiger partial charge in [0.05, 0.1) is 5.69 Å². The van der Waals surface area contributed by atoms with E-state index in [4.69, 9.17) is 0 Å². The molecule has 2 rings (SSSR count). The van der Waals surface area contributed by atoms with Crippen LogP contribution >= 0.6 is 0 Å². The topological polar surface area (TPSA) is 37.0 Å². The molecular formula is C12H19N3. The van der Waals surface area contributed by atoms with Crippen molar-refractivity contribution in [2.45, 2.75) is 19.4 Å². The highest BCUT2D eigenvalue weighted by Gasteiger charge is 2.12. The largest absolute Gasteiger partial charge is 0.316 e. The van der Waals surface area contributed by atoms with Crippen molar-refractivity contribution in [2.24, 2.45) is 5.92 Å². The predicted molar refractivity (Wildman–Crippen MR) is 61.5 cm³/mol. The first-order valence-corrected chi connectivity index (χ1v) is 5.76. The lowest BCUT2D eigenvalue weighted by atomic mass is 10.1. The zero-order valence-corrected chi connectivity index (χ0v) is 9.08. The van der Waals surface area contributed by atoms with Crippen molar-refractivity contribution in [3.8, 4) is 0 Å². The van der Waals surface area contributed by atoms with Gasteiger partial charge in [-0.05, 0) is 50.5 Å². The molecule has 0 radical (unpaired) electrons. The van der Waals surface area contributed by atoms with E-state index in [1.165, 1.54) is 25.9 Å². The average Bonchev–Trinajstić information content (AvgIpc) is 2.79. The lowest BCUT2D eigenvalue weighted by Gasteiger charge is -2.08. The lowest BCUT2D eigenvalue weighted by Crippen LogP contribution is -2.19. The Morgan fingerprint density at radius 2 is 2.47 bits per heavy atom. The molecule has 3 heteroatoms. The lowest BCUT2D eigenvalue weighted by molar-refractivity contribution is 0.498. The second-order valence-electron chi connectivity index (χ2n) is 4.15. The second-order valence-corrected chi connectivity index (χ2v) is 4.15. The van der Waals surface area contributed by atoms with Crippen LogP contribution in [-0.2, 0) is 6.54 Å². The summed E-state index contributed by atoms with van der Waals surface area (Å²) in [5, 5.41) is 6.83. The molecule has 1 aliphatic rings. The average molecular weight is 205 g/mol. The molecule has 0 aliphatic carbocycles. The van der Waals surface area contributed by atoms with E-state index in [0.717, 1.165) is 24.7 Å². The van der Waals surface area contributed by atoms with E-state index in [1.54, 1.807) is 0 Å². The molecule has 0 spiro atoms. The molecular weight excluding hydrogens is 186 g/mol. The molecule has 1 aliphatic heterocycles. The van der Waals surface area contributed by atoms with Crippen LogP contribution in [0.1, 0.15) is 18.5 Å². The SMILES string of the molecule is c1ccc(CNCCC2CCNC2)nc1. The Labute approximate surface area is 91.3 Å². The summed E-state index contributed by atoms with van der Waals surface area (Å²) in [5.41, 5.74) is 1.13. The Morgan fingerprint density at radius 1 is 1.47 bits per heavy atom. The van der Waals surface area contributed by atoms with Crippen LogP contribution in [0.5, 0.6) is 0 Å². The number of aromatic nitrogens is 1. The fourth-order valence-corrected chi connectivity index (χ4v) is 1.99. The zero-order valence-electron chi connectivity index (χ0n) is 9.08. The van der Waals surface area contributed by atoms with Crippen molar-refractivity contribution >= 4 is 0 Å². The standard InChI is InChI=1S/C12H19N3/c1-2-6-15-12(3-1)10-14-8-5-11-4-7-13-9-11/h1-3,6,11,13-14H,4-5,7-10H2. The summed E-state index contributed by atoms with van der Waals surface area (Å²) in [6.45, 7) is 4.39. The Balaban J connectivity index is 1.59. The van der Waals surface area contributed by atoms with Gasteiger partial charge in [0.15, 0.2) is 0 Å². The molecule has 2 heterocycles. The quantitative estimate of drug-likeness (QED) is 0.709. The van der Waals surface area contributed by atoms with Gasteiger partial charge in [0.1, 0.15) is 0 Å². The van der Waals surface area contributed by atoms with Crippen molar-refractivity contribution in [1.29, 1.82) is 0 Å². The van der Waals surface area contributed by atoms with Crippen LogP contribution in [0.3, 0.4) is 0 Å². The summed E-state index contributed by atoms with van der Waals surface area (Å²) in [6, 6.07) is 6.04. The van der Waals surface area contributed by atoms with Gasteiger partial charge >= 0.3 is 0 Å². The molecule has 0 bridgehead atoms. The van der Waals surface area contributed by atoms with Crippen LogP contribution in [0.4, 0.5) is 0 Å². The second kappa shape index (κ2) is 5.83. The maximum Gasteiger partial charge on any atom is 0.0541 e. The summed E-state index contributed by atoms with van der Waals surface area (Å²) in [6.07, 6.45) is 4.46. The molecule has 82 valence electrons. The Bertz CT molecular complexity index is 267. The number of pyridine rings is 1. The molecule has 0 aromatic carbocycles. The minimum absolute atomic E-state index is 0.876. The highest BCUT2D eigenvalue weighted by molar-refractivity contribution is 5.02. The molecule has 15 heavy (non-hydrogen) atoms. The van der Waals surface area contributed by atoms with E-state index in [1.807, 2.05) is 18.3 Å². The van der Waals surface area contributed by atoms with E-state index in [0.29, 0.717) is 0 Å². The smallest absolute Gasteiger partial charge is 0.0541 e.